The van der Waals surface area contributed by atoms with E-state index >= 15 is 0 Å². The number of carbonyl (C=O) groups is 4. The number of carboxylic acids is 2. The number of rotatable bonds is 12. The zero-order valence-electron chi connectivity index (χ0n) is 14.7. The summed E-state index contributed by atoms with van der Waals surface area (Å²) in [6, 6.07) is -3.34. The molecule has 0 fully saturated rings. The van der Waals surface area contributed by atoms with Gasteiger partial charge in [0.2, 0.25) is 11.8 Å². The van der Waals surface area contributed by atoms with E-state index in [1.165, 1.54) is 0 Å². The largest absolute Gasteiger partial charge is 0.481 e. The third-order valence-corrected chi connectivity index (χ3v) is 4.40. The summed E-state index contributed by atoms with van der Waals surface area (Å²) < 4.78 is 0. The number of thioether (sulfide) groups is 1. The molecule has 0 bridgehead atoms. The first-order valence-corrected chi connectivity index (χ1v) is 9.33. The first-order valence-electron chi connectivity index (χ1n) is 7.93. The minimum absolute atomic E-state index is 0.282. The molecule has 4 atom stereocenters. The van der Waals surface area contributed by atoms with E-state index in [-0.39, 0.29) is 5.92 Å². The number of nitrogens with one attached hydrogen (secondary N) is 2. The molecular formula is C15H27N3O6S. The quantitative estimate of drug-likeness (QED) is 0.308. The second kappa shape index (κ2) is 11.7. The Hall–Kier alpha value is -1.81. The summed E-state index contributed by atoms with van der Waals surface area (Å²) >= 11 is 1.54. The van der Waals surface area contributed by atoms with Crippen LogP contribution in [0.5, 0.6) is 0 Å². The molecule has 6 N–H and O–H groups in total. The summed E-state index contributed by atoms with van der Waals surface area (Å²) in [5.41, 5.74) is 5.78. The molecule has 0 aliphatic carbocycles. The van der Waals surface area contributed by atoms with Gasteiger partial charge in [-0.05, 0) is 24.3 Å². The summed E-state index contributed by atoms with van der Waals surface area (Å²) in [5.74, 6) is -3.64. The van der Waals surface area contributed by atoms with Crippen LogP contribution in [-0.4, -0.2) is 64.1 Å². The van der Waals surface area contributed by atoms with Gasteiger partial charge in [0.1, 0.15) is 12.1 Å². The van der Waals surface area contributed by atoms with Gasteiger partial charge < -0.3 is 26.6 Å². The maximum atomic E-state index is 12.4. The second-order valence-electron chi connectivity index (χ2n) is 5.76. The van der Waals surface area contributed by atoms with E-state index in [4.69, 9.17) is 15.9 Å². The lowest BCUT2D eigenvalue weighted by Crippen LogP contribution is -2.56. The first-order chi connectivity index (χ1) is 11.6. The fraction of sp³-hybridized carbons (Fsp3) is 0.733. The van der Waals surface area contributed by atoms with Crippen molar-refractivity contribution < 1.29 is 29.4 Å². The Bertz CT molecular complexity index is 488. The van der Waals surface area contributed by atoms with E-state index in [1.807, 2.05) is 13.2 Å². The van der Waals surface area contributed by atoms with E-state index in [0.29, 0.717) is 18.6 Å². The van der Waals surface area contributed by atoms with Gasteiger partial charge in [0.15, 0.2) is 0 Å². The van der Waals surface area contributed by atoms with Crippen molar-refractivity contribution in [3.8, 4) is 0 Å². The molecule has 144 valence electrons. The van der Waals surface area contributed by atoms with Crippen LogP contribution in [0.1, 0.15) is 33.1 Å². The molecule has 25 heavy (non-hydrogen) atoms. The van der Waals surface area contributed by atoms with Crippen LogP contribution in [0.25, 0.3) is 0 Å². The summed E-state index contributed by atoms with van der Waals surface area (Å²) in [6.07, 6.45) is 2.12. The maximum absolute atomic E-state index is 12.4. The lowest BCUT2D eigenvalue weighted by atomic mass is 9.97. The van der Waals surface area contributed by atoms with E-state index in [0.717, 1.165) is 0 Å². The molecule has 0 saturated heterocycles. The van der Waals surface area contributed by atoms with Gasteiger partial charge in [0, 0.05) is 0 Å². The normalized spacial score (nSPS) is 15.5. The molecule has 0 aromatic carbocycles. The predicted molar refractivity (Wildman–Crippen MR) is 94.2 cm³/mol. The van der Waals surface area contributed by atoms with Crippen molar-refractivity contribution >= 4 is 35.5 Å². The van der Waals surface area contributed by atoms with E-state index in [9.17, 15) is 19.2 Å². The molecule has 0 heterocycles. The van der Waals surface area contributed by atoms with Crippen LogP contribution in [0.2, 0.25) is 0 Å². The molecule has 0 unspecified atom stereocenters. The molecular weight excluding hydrogens is 350 g/mol. The topological polar surface area (TPSA) is 159 Å². The Labute approximate surface area is 151 Å². The zero-order chi connectivity index (χ0) is 19.6. The van der Waals surface area contributed by atoms with Gasteiger partial charge in [0.25, 0.3) is 0 Å². The predicted octanol–water partition coefficient (Wildman–Crippen LogP) is -0.358. The standard InChI is InChI=1S/C15H27N3O6S/c1-4-8(2)12(18-13(21)9(16)5-6-25-3)14(22)17-10(15(23)24)7-11(19)20/h8-10,12H,4-7,16H2,1-3H3,(H,17,22)(H,18,21)(H,19,20)(H,23,24)/t8-,9-,10-,12-/m0/s1. The number of carboxylic acid groups (broad SMARTS) is 2. The Balaban J connectivity index is 5.06. The van der Waals surface area contributed by atoms with Crippen molar-refractivity contribution in [1.29, 1.82) is 0 Å². The van der Waals surface area contributed by atoms with E-state index < -0.39 is 48.3 Å². The molecule has 9 nitrogen and oxygen atoms in total. The van der Waals surface area contributed by atoms with Gasteiger partial charge in [0.05, 0.1) is 12.5 Å². The molecule has 0 aromatic heterocycles. The minimum atomic E-state index is -1.57. The third kappa shape index (κ3) is 8.73. The van der Waals surface area contributed by atoms with Crippen molar-refractivity contribution in [2.75, 3.05) is 12.0 Å². The fourth-order valence-corrected chi connectivity index (χ4v) is 2.46. The highest BCUT2D eigenvalue weighted by Gasteiger charge is 2.31. The van der Waals surface area contributed by atoms with Crippen molar-refractivity contribution in [1.82, 2.24) is 10.6 Å². The van der Waals surface area contributed by atoms with Crippen LogP contribution in [0, 0.1) is 5.92 Å². The lowest BCUT2D eigenvalue weighted by Gasteiger charge is -2.26. The SMILES string of the molecule is CC[C@H](C)[C@H](NC(=O)[C@@H](N)CCSC)C(=O)N[C@@H](CC(=O)O)C(=O)O. The number of nitrogens with two attached hydrogens (primary N) is 1. The number of hydrogen-bond donors (Lipinski definition) is 5. The molecule has 0 rings (SSSR count). The average Bonchev–Trinajstić information content (AvgIpc) is 2.55. The third-order valence-electron chi connectivity index (χ3n) is 3.76. The summed E-state index contributed by atoms with van der Waals surface area (Å²) in [7, 11) is 0. The molecule has 0 aromatic rings. The molecule has 0 aliphatic heterocycles. The fourth-order valence-electron chi connectivity index (χ4n) is 1.97. The van der Waals surface area contributed by atoms with Gasteiger partial charge in [-0.15, -0.1) is 0 Å². The Kier molecular flexibility index (Phi) is 10.8. The highest BCUT2D eigenvalue weighted by molar-refractivity contribution is 7.98. The van der Waals surface area contributed by atoms with Crippen LogP contribution < -0.4 is 16.4 Å². The monoisotopic (exact) mass is 377 g/mol. The maximum Gasteiger partial charge on any atom is 0.326 e. The van der Waals surface area contributed by atoms with Gasteiger partial charge in [-0.1, -0.05) is 20.3 Å². The Morgan fingerprint density at radius 1 is 1.12 bits per heavy atom. The molecule has 0 saturated carbocycles. The molecule has 10 heteroatoms. The summed E-state index contributed by atoms with van der Waals surface area (Å²) in [5, 5.41) is 22.5. The highest BCUT2D eigenvalue weighted by atomic mass is 32.2. The van der Waals surface area contributed by atoms with Crippen molar-refractivity contribution in [3.05, 3.63) is 0 Å². The van der Waals surface area contributed by atoms with Gasteiger partial charge in [-0.3, -0.25) is 14.4 Å². The Morgan fingerprint density at radius 3 is 2.16 bits per heavy atom. The molecule has 2 amide bonds. The number of amides is 2. The van der Waals surface area contributed by atoms with Crippen molar-refractivity contribution in [2.45, 2.75) is 51.2 Å². The number of aliphatic carboxylic acids is 2. The molecule has 0 spiro atoms. The summed E-state index contributed by atoms with van der Waals surface area (Å²) in [4.78, 5) is 46.3. The van der Waals surface area contributed by atoms with Crippen LogP contribution in [0.15, 0.2) is 0 Å². The molecule has 0 radical (unpaired) electrons. The molecule has 0 aliphatic rings. The number of carbonyl (C=O) groups excluding carboxylic acids is 2. The Morgan fingerprint density at radius 2 is 1.72 bits per heavy atom. The van der Waals surface area contributed by atoms with Gasteiger partial charge in [-0.25, -0.2) is 4.79 Å². The van der Waals surface area contributed by atoms with Crippen LogP contribution in [0.3, 0.4) is 0 Å². The van der Waals surface area contributed by atoms with E-state index in [2.05, 4.69) is 10.6 Å². The van der Waals surface area contributed by atoms with E-state index in [1.54, 1.807) is 18.7 Å². The lowest BCUT2D eigenvalue weighted by molar-refractivity contribution is -0.147. The number of hydrogen-bond acceptors (Lipinski definition) is 6. The smallest absolute Gasteiger partial charge is 0.326 e. The average molecular weight is 377 g/mol. The van der Waals surface area contributed by atoms with Crippen molar-refractivity contribution in [2.24, 2.45) is 11.7 Å². The summed E-state index contributed by atoms with van der Waals surface area (Å²) in [6.45, 7) is 3.54. The van der Waals surface area contributed by atoms with Crippen molar-refractivity contribution in [3.63, 3.8) is 0 Å². The van der Waals surface area contributed by atoms with Crippen LogP contribution in [0.4, 0.5) is 0 Å². The van der Waals surface area contributed by atoms with Crippen LogP contribution >= 0.6 is 11.8 Å². The van der Waals surface area contributed by atoms with Crippen LogP contribution in [-0.2, 0) is 19.2 Å². The zero-order valence-corrected chi connectivity index (χ0v) is 15.5. The van der Waals surface area contributed by atoms with Gasteiger partial charge in [-0.2, -0.15) is 11.8 Å². The second-order valence-corrected chi connectivity index (χ2v) is 6.74. The first kappa shape index (κ1) is 23.2. The highest BCUT2D eigenvalue weighted by Crippen LogP contribution is 2.10. The minimum Gasteiger partial charge on any atom is -0.481 e. The van der Waals surface area contributed by atoms with Gasteiger partial charge >= 0.3 is 11.9 Å².